The summed E-state index contributed by atoms with van der Waals surface area (Å²) in [5, 5.41) is 23.7. The number of carbonyl (C=O) groups is 5. The number of aliphatic hydroxyl groups is 2. The summed E-state index contributed by atoms with van der Waals surface area (Å²) < 4.78 is 42.8. The highest BCUT2D eigenvalue weighted by atomic mass is 16.6. The fraction of sp³-hybridized carbons (Fsp3) is 0.615. The zero-order chi connectivity index (χ0) is 59.8. The molecule has 0 aromatic heterocycles. The Morgan fingerprint density at radius 1 is 0.663 bits per heavy atom. The number of hydrogen-bond acceptors (Lipinski definition) is 14. The number of rotatable bonds is 23. The molecule has 2 aromatic rings. The molecular weight excluding hydrogens is 1060 g/mol. The number of hydrogen-bond donors (Lipinski definition) is 2. The molecule has 0 unspecified atom stereocenters. The Balaban J connectivity index is 1.02. The molecule has 0 aliphatic carbocycles. The first-order valence-electron chi connectivity index (χ1n) is 30.0. The molecule has 6 aliphatic heterocycles. The molecule has 83 heavy (non-hydrogen) atoms. The average molecular weight is 1150 g/mol. The van der Waals surface area contributed by atoms with E-state index in [4.69, 9.17) is 33.2 Å². The van der Waals surface area contributed by atoms with Gasteiger partial charge in [0.25, 0.3) is 18.3 Å². The predicted octanol–water partition coefficient (Wildman–Crippen LogP) is 10.9. The van der Waals surface area contributed by atoms with Crippen LogP contribution in [0.15, 0.2) is 58.7 Å². The summed E-state index contributed by atoms with van der Waals surface area (Å²) in [6.45, 7) is 19.1. The van der Waals surface area contributed by atoms with Crippen LogP contribution in [-0.2, 0) is 44.9 Å². The van der Waals surface area contributed by atoms with Crippen molar-refractivity contribution in [3.63, 3.8) is 0 Å². The molecule has 18 heteroatoms. The topological polar surface area (TPSA) is 203 Å². The first-order chi connectivity index (χ1) is 39.6. The SMILES string of the molecule is CC(C)=CCC/C(C)=C/CC[C@@]1(C)Oc2c(c(OC(=O)N(C)C3CCOCC3)cc3c2CN(CCC[C@@H](OC=O)N2Cc4c(cc(OC(=O)N(C)C5CCOCC5)c5c4O[C@](C)(CC/C=C(\C)CCC=C(C)C)[C@@H](O)C5)C2=O)C3=O)C[C@@H]1O. The lowest BCUT2D eigenvalue weighted by Crippen LogP contribution is -2.49. The van der Waals surface area contributed by atoms with E-state index in [1.807, 2.05) is 13.8 Å². The van der Waals surface area contributed by atoms with Crippen LogP contribution in [0.4, 0.5) is 9.59 Å². The molecule has 2 aromatic carbocycles. The van der Waals surface area contributed by atoms with Gasteiger partial charge in [-0.1, -0.05) is 46.6 Å². The smallest absolute Gasteiger partial charge is 0.415 e. The second kappa shape index (κ2) is 27.7. The van der Waals surface area contributed by atoms with Gasteiger partial charge in [0.2, 0.25) is 0 Å². The minimum Gasteiger partial charge on any atom is -0.484 e. The van der Waals surface area contributed by atoms with Crippen molar-refractivity contribution in [2.75, 3.05) is 47.1 Å². The Labute approximate surface area is 490 Å². The molecule has 8 rings (SSSR count). The number of benzene rings is 2. The van der Waals surface area contributed by atoms with Crippen molar-refractivity contribution in [1.29, 1.82) is 0 Å². The summed E-state index contributed by atoms with van der Waals surface area (Å²) >= 11 is 0. The first-order valence-corrected chi connectivity index (χ1v) is 30.0. The van der Waals surface area contributed by atoms with E-state index in [9.17, 15) is 34.2 Å². The number of allylic oxidation sites excluding steroid dienone is 8. The molecule has 4 amide bonds. The molecule has 6 heterocycles. The zero-order valence-corrected chi connectivity index (χ0v) is 50.8. The summed E-state index contributed by atoms with van der Waals surface area (Å²) in [4.78, 5) is 75.6. The van der Waals surface area contributed by atoms with Crippen LogP contribution in [0.3, 0.4) is 0 Å². The summed E-state index contributed by atoms with van der Waals surface area (Å²) in [5.74, 6) is 0.266. The van der Waals surface area contributed by atoms with Crippen LogP contribution in [0.5, 0.6) is 23.0 Å². The number of amides is 4. The lowest BCUT2D eigenvalue weighted by Gasteiger charge is -2.41. The van der Waals surface area contributed by atoms with Gasteiger partial charge in [-0.25, -0.2) is 9.59 Å². The van der Waals surface area contributed by atoms with Gasteiger partial charge in [0.15, 0.2) is 6.23 Å². The Morgan fingerprint density at radius 3 is 1.55 bits per heavy atom. The van der Waals surface area contributed by atoms with Crippen LogP contribution in [-0.4, -0.2) is 149 Å². The molecule has 2 saturated heterocycles. The molecule has 6 aliphatic rings. The Morgan fingerprint density at radius 2 is 1.11 bits per heavy atom. The highest BCUT2D eigenvalue weighted by Gasteiger charge is 2.48. The molecule has 0 radical (unpaired) electrons. The van der Waals surface area contributed by atoms with Gasteiger partial charge in [0, 0.05) is 101 Å². The third kappa shape index (κ3) is 14.8. The van der Waals surface area contributed by atoms with E-state index in [2.05, 4.69) is 65.8 Å². The highest BCUT2D eigenvalue weighted by molar-refractivity contribution is 6.01. The lowest BCUT2D eigenvalue weighted by atomic mass is 9.84. The summed E-state index contributed by atoms with van der Waals surface area (Å²) in [7, 11) is 3.38. The van der Waals surface area contributed by atoms with E-state index in [0.29, 0.717) is 130 Å². The first kappa shape index (κ1) is 62.8. The fourth-order valence-electron chi connectivity index (χ4n) is 12.2. The van der Waals surface area contributed by atoms with E-state index in [-0.39, 0.29) is 74.0 Å². The fourth-order valence-corrected chi connectivity index (χ4v) is 12.2. The average Bonchev–Trinajstić information content (AvgIpc) is 2.14. The maximum Gasteiger partial charge on any atom is 0.415 e. The lowest BCUT2D eigenvalue weighted by molar-refractivity contribution is -0.141. The van der Waals surface area contributed by atoms with Gasteiger partial charge in [-0.2, -0.15) is 0 Å². The second-order valence-electron chi connectivity index (χ2n) is 24.6. The maximum absolute atomic E-state index is 14.8. The van der Waals surface area contributed by atoms with Crippen LogP contribution in [0, 0.1) is 0 Å². The maximum atomic E-state index is 14.8. The monoisotopic (exact) mass is 1150 g/mol. The van der Waals surface area contributed by atoms with Crippen LogP contribution in [0.25, 0.3) is 0 Å². The van der Waals surface area contributed by atoms with Crippen molar-refractivity contribution in [2.24, 2.45) is 0 Å². The Hall–Kier alpha value is -6.21. The van der Waals surface area contributed by atoms with Gasteiger partial charge in [0.05, 0.1) is 36.4 Å². The number of carbonyl (C=O) groups excluding carboxylic acids is 5. The van der Waals surface area contributed by atoms with Gasteiger partial charge < -0.3 is 58.1 Å². The highest BCUT2D eigenvalue weighted by Crippen LogP contribution is 2.49. The van der Waals surface area contributed by atoms with Crippen molar-refractivity contribution in [2.45, 2.75) is 213 Å². The second-order valence-corrected chi connectivity index (χ2v) is 24.6. The minimum absolute atomic E-state index is 0.000587. The molecule has 5 atom stereocenters. The molecule has 2 fully saturated rings. The number of fused-ring (bicyclic) bond motifs is 6. The third-order valence-corrected chi connectivity index (χ3v) is 17.8. The van der Waals surface area contributed by atoms with Crippen molar-refractivity contribution in [1.82, 2.24) is 19.6 Å². The van der Waals surface area contributed by atoms with Gasteiger partial charge in [-0.15, -0.1) is 0 Å². The van der Waals surface area contributed by atoms with Gasteiger partial charge >= 0.3 is 12.2 Å². The molecule has 0 bridgehead atoms. The predicted molar refractivity (Wildman–Crippen MR) is 314 cm³/mol. The standard InChI is InChI=1S/C65H90N4O14/c1-41(2)16-11-18-43(5)20-13-27-64(7)55(71)36-49-53(80-62(75)66(9)45-23-30-77-31-24-45)34-47-51(58(49)82-64)38-68(60(47)73)29-15-22-57(79-40-70)69-39-52-48(61(69)74)35-54(81-63(76)67(10)46-25-32-78-33-26-46)50-37-56(72)65(8,83-59(50)52)28-14-21-44(6)19-12-17-42(3)4/h16-17,20-21,34-35,40,45-46,55-57,71-72H,11-15,18-19,22-33,36-39H2,1-10H3/b43-20+,44-21+/t55-,56-,57+,64+,65+/m0/s1. The van der Waals surface area contributed by atoms with Gasteiger partial charge in [-0.05, 0) is 151 Å². The van der Waals surface area contributed by atoms with E-state index < -0.39 is 47.7 Å². The van der Waals surface area contributed by atoms with Gasteiger partial charge in [0.1, 0.15) is 34.2 Å². The number of ether oxygens (including phenoxy) is 7. The van der Waals surface area contributed by atoms with Crippen molar-refractivity contribution in [3.8, 4) is 23.0 Å². The normalized spacial score (nSPS) is 23.0. The third-order valence-electron chi connectivity index (χ3n) is 17.8. The summed E-state index contributed by atoms with van der Waals surface area (Å²) in [6, 6.07) is 2.93. The zero-order valence-electron chi connectivity index (χ0n) is 50.8. The summed E-state index contributed by atoms with van der Waals surface area (Å²) in [5.41, 5.74) is 5.61. The van der Waals surface area contributed by atoms with Crippen LogP contribution in [0.1, 0.15) is 188 Å². The minimum atomic E-state index is -1.07. The van der Waals surface area contributed by atoms with Crippen molar-refractivity contribution in [3.05, 3.63) is 92.1 Å². The molecule has 0 saturated carbocycles. The van der Waals surface area contributed by atoms with E-state index in [1.54, 1.807) is 34.9 Å². The molecule has 18 nitrogen and oxygen atoms in total. The van der Waals surface area contributed by atoms with E-state index in [0.717, 1.165) is 25.7 Å². The molecule has 2 N–H and O–H groups in total. The van der Waals surface area contributed by atoms with Crippen LogP contribution in [0.2, 0.25) is 0 Å². The Bertz CT molecular complexity index is 2840. The van der Waals surface area contributed by atoms with E-state index in [1.165, 1.54) is 33.3 Å². The molecule has 0 spiro atoms. The van der Waals surface area contributed by atoms with Crippen LogP contribution < -0.4 is 18.9 Å². The van der Waals surface area contributed by atoms with Gasteiger partial charge in [-0.3, -0.25) is 19.3 Å². The number of aliphatic hydroxyl groups excluding tert-OH is 2. The molecular formula is C65H90N4O14. The number of nitrogens with zero attached hydrogens (tertiary/aromatic N) is 4. The quantitative estimate of drug-likeness (QED) is 0.0785. The van der Waals surface area contributed by atoms with E-state index >= 15 is 0 Å². The molecule has 454 valence electrons. The van der Waals surface area contributed by atoms with Crippen molar-refractivity contribution < 1.29 is 67.3 Å². The Kier molecular flexibility index (Phi) is 20.9. The van der Waals surface area contributed by atoms with Crippen molar-refractivity contribution >= 4 is 30.5 Å². The summed E-state index contributed by atoms with van der Waals surface area (Å²) in [6.07, 6.45) is 13.9. The van der Waals surface area contributed by atoms with Crippen LogP contribution >= 0.6 is 0 Å². The largest absolute Gasteiger partial charge is 0.484 e.